The summed E-state index contributed by atoms with van der Waals surface area (Å²) in [5, 5.41) is 0. The molecule has 6 nitrogen and oxygen atoms in total. The third kappa shape index (κ3) is 9.59. The first-order chi connectivity index (χ1) is 26.3. The highest BCUT2D eigenvalue weighted by molar-refractivity contribution is 5.96. The van der Waals surface area contributed by atoms with Crippen molar-refractivity contribution >= 4 is 11.6 Å². The number of ketones is 2. The smallest absolute Gasteiger partial charge is 0.186 e. The van der Waals surface area contributed by atoms with Gasteiger partial charge >= 0.3 is 0 Å². The maximum Gasteiger partial charge on any atom is 0.186 e. The lowest BCUT2D eigenvalue weighted by atomic mass is 9.69. The molecule has 1 atom stereocenters. The summed E-state index contributed by atoms with van der Waals surface area (Å²) in [5.74, 6) is 1.45. The van der Waals surface area contributed by atoms with Crippen molar-refractivity contribution in [2.24, 2.45) is 0 Å². The molecule has 4 aromatic carbocycles. The van der Waals surface area contributed by atoms with Crippen molar-refractivity contribution in [2.45, 2.75) is 115 Å². The third-order valence-electron chi connectivity index (χ3n) is 11.1. The summed E-state index contributed by atoms with van der Waals surface area (Å²) in [4.78, 5) is 24.4. The number of rotatable bonds is 19. The van der Waals surface area contributed by atoms with E-state index in [4.69, 9.17) is 18.9 Å². The fourth-order valence-electron chi connectivity index (χ4n) is 7.66. The quantitative estimate of drug-likeness (QED) is 0.0887. The minimum atomic E-state index is -0.928. The topological polar surface area (TPSA) is 71.1 Å². The van der Waals surface area contributed by atoms with E-state index in [0.29, 0.717) is 26.1 Å². The molecule has 0 radical (unpaired) electrons. The van der Waals surface area contributed by atoms with E-state index in [0.717, 1.165) is 17.9 Å². The van der Waals surface area contributed by atoms with Crippen molar-refractivity contribution in [3.63, 3.8) is 0 Å². The molecule has 0 fully saturated rings. The second-order valence-corrected chi connectivity index (χ2v) is 17.3. The first kappa shape index (κ1) is 42.4. The van der Waals surface area contributed by atoms with E-state index < -0.39 is 27.8 Å². The summed E-state index contributed by atoms with van der Waals surface area (Å²) in [6.07, 6.45) is 4.68. The molecule has 0 saturated carbocycles. The van der Waals surface area contributed by atoms with Crippen LogP contribution in [0.1, 0.15) is 114 Å². The number of carbonyl (C=O) groups excluding carboxylic acids is 2. The Bertz CT molecular complexity index is 1910. The normalized spacial score (nSPS) is 15.5. The van der Waals surface area contributed by atoms with Gasteiger partial charge in [-0.15, -0.1) is 0 Å². The molecular weight excluding hydrogens is 697 g/mol. The largest absolute Gasteiger partial charge is 0.488 e. The van der Waals surface area contributed by atoms with Crippen LogP contribution in [0.2, 0.25) is 0 Å². The first-order valence-corrected chi connectivity index (χ1v) is 19.7. The highest BCUT2D eigenvalue weighted by Crippen LogP contribution is 2.56. The lowest BCUT2D eigenvalue weighted by Gasteiger charge is -2.34. The number of benzene rings is 4. The predicted octanol–water partition coefficient (Wildman–Crippen LogP) is 11.1. The second kappa shape index (κ2) is 16.8. The monoisotopic (exact) mass is 756 g/mol. The average Bonchev–Trinajstić information content (AvgIpc) is 3.49. The maximum absolute atomic E-state index is 12.2. The molecule has 0 heterocycles. The van der Waals surface area contributed by atoms with Gasteiger partial charge < -0.3 is 18.9 Å². The third-order valence-corrected chi connectivity index (χ3v) is 11.1. The molecular formula is C50H60O6. The van der Waals surface area contributed by atoms with Crippen molar-refractivity contribution in [3.8, 4) is 11.5 Å². The number of hydrogen-bond acceptors (Lipinski definition) is 6. The van der Waals surface area contributed by atoms with Crippen LogP contribution >= 0.6 is 0 Å². The summed E-state index contributed by atoms with van der Waals surface area (Å²) in [7, 11) is 0. The van der Waals surface area contributed by atoms with Crippen LogP contribution in [-0.2, 0) is 24.5 Å². The number of carbonyl (C=O) groups is 2. The SMILES string of the molecule is C=CC(=O)C(C)(C)OCCC(C)(C)Oc1ccc(C2(c3ccc(OC(C)(C)CCOC(C)(C)C(=O)C=C)cc3)CC(c3ccccc3)c3ccc(C)cc32)cc1. The summed E-state index contributed by atoms with van der Waals surface area (Å²) in [6, 6.07) is 34.8. The molecule has 0 saturated heterocycles. The Hall–Kier alpha value is -4.78. The molecule has 5 rings (SSSR count). The summed E-state index contributed by atoms with van der Waals surface area (Å²) in [6.45, 7) is 25.3. The van der Waals surface area contributed by atoms with Crippen molar-refractivity contribution in [3.05, 3.63) is 156 Å². The standard InChI is InChI=1S/C50H60O6/c1-12-44(51)48(8,9)53-31-29-46(4,5)55-39-24-20-37(21-25-39)50(34-42(36-17-15-14-16-18-36)41-28-19-35(3)33-43(41)50)38-22-26-40(27-23-38)56-47(6,7)30-32-54-49(10,11)45(52)13-2/h12-28,33,42H,1-2,29-32,34H2,3-11H3. The van der Waals surface area contributed by atoms with Gasteiger partial charge in [0.1, 0.15) is 33.9 Å². The number of ether oxygens (including phenoxy) is 4. The van der Waals surface area contributed by atoms with Crippen LogP contribution < -0.4 is 9.47 Å². The van der Waals surface area contributed by atoms with E-state index in [1.165, 1.54) is 45.5 Å². The van der Waals surface area contributed by atoms with Gasteiger partial charge in [0.05, 0.1) is 13.2 Å². The Kier molecular flexibility index (Phi) is 12.7. The van der Waals surface area contributed by atoms with Gasteiger partial charge in [-0.1, -0.05) is 91.5 Å². The van der Waals surface area contributed by atoms with Gasteiger partial charge in [0.2, 0.25) is 0 Å². The van der Waals surface area contributed by atoms with Crippen LogP contribution in [0.4, 0.5) is 0 Å². The fourth-order valence-corrected chi connectivity index (χ4v) is 7.66. The predicted molar refractivity (Wildman–Crippen MR) is 226 cm³/mol. The van der Waals surface area contributed by atoms with Gasteiger partial charge in [-0.05, 0) is 133 Å². The molecule has 6 heteroatoms. The van der Waals surface area contributed by atoms with Crippen LogP contribution in [0, 0.1) is 6.92 Å². The Morgan fingerprint density at radius 3 is 1.54 bits per heavy atom. The zero-order chi connectivity index (χ0) is 40.9. The molecule has 56 heavy (non-hydrogen) atoms. The molecule has 4 aromatic rings. The van der Waals surface area contributed by atoms with Gasteiger partial charge in [0, 0.05) is 24.2 Å². The molecule has 1 unspecified atom stereocenters. The highest BCUT2D eigenvalue weighted by Gasteiger charge is 2.47. The fraction of sp³-hybridized carbons (Fsp3) is 0.400. The Morgan fingerprint density at radius 1 is 0.661 bits per heavy atom. The minimum absolute atomic E-state index is 0.144. The molecule has 0 amide bonds. The van der Waals surface area contributed by atoms with E-state index in [-0.39, 0.29) is 17.5 Å². The highest BCUT2D eigenvalue weighted by atomic mass is 16.5. The Labute approximate surface area is 334 Å². The number of aryl methyl sites for hydroxylation is 1. The van der Waals surface area contributed by atoms with Crippen LogP contribution in [0.15, 0.2) is 122 Å². The maximum atomic E-state index is 12.2. The molecule has 0 bridgehead atoms. The molecule has 0 aliphatic heterocycles. The number of hydrogen-bond donors (Lipinski definition) is 0. The van der Waals surface area contributed by atoms with E-state index in [1.807, 2.05) is 27.7 Å². The second-order valence-electron chi connectivity index (χ2n) is 17.3. The Morgan fingerprint density at radius 2 is 1.11 bits per heavy atom. The molecule has 0 N–H and O–H groups in total. The van der Waals surface area contributed by atoms with Gasteiger partial charge in [0.25, 0.3) is 0 Å². The lowest BCUT2D eigenvalue weighted by Crippen LogP contribution is -2.37. The van der Waals surface area contributed by atoms with Crippen LogP contribution in [0.3, 0.4) is 0 Å². The molecule has 1 aliphatic carbocycles. The van der Waals surface area contributed by atoms with Crippen molar-refractivity contribution in [2.75, 3.05) is 13.2 Å². The molecule has 296 valence electrons. The Balaban J connectivity index is 1.45. The van der Waals surface area contributed by atoms with Gasteiger partial charge in [0.15, 0.2) is 11.6 Å². The zero-order valence-electron chi connectivity index (χ0n) is 34.9. The molecule has 0 spiro atoms. The summed E-state index contributed by atoms with van der Waals surface area (Å²) >= 11 is 0. The van der Waals surface area contributed by atoms with Crippen molar-refractivity contribution < 1.29 is 28.5 Å². The van der Waals surface area contributed by atoms with Gasteiger partial charge in [-0.3, -0.25) is 9.59 Å². The van der Waals surface area contributed by atoms with E-state index >= 15 is 0 Å². The first-order valence-electron chi connectivity index (χ1n) is 19.7. The van der Waals surface area contributed by atoms with Crippen molar-refractivity contribution in [1.29, 1.82) is 0 Å². The minimum Gasteiger partial charge on any atom is -0.488 e. The summed E-state index contributed by atoms with van der Waals surface area (Å²) in [5.41, 5.74) is 4.15. The van der Waals surface area contributed by atoms with E-state index in [9.17, 15) is 9.59 Å². The van der Waals surface area contributed by atoms with Crippen LogP contribution in [0.25, 0.3) is 0 Å². The summed E-state index contributed by atoms with van der Waals surface area (Å²) < 4.78 is 24.9. The van der Waals surface area contributed by atoms with Gasteiger partial charge in [-0.25, -0.2) is 0 Å². The zero-order valence-corrected chi connectivity index (χ0v) is 34.9. The van der Waals surface area contributed by atoms with E-state index in [2.05, 4.69) is 117 Å². The van der Waals surface area contributed by atoms with Crippen LogP contribution in [-0.4, -0.2) is 47.2 Å². The average molecular weight is 757 g/mol. The van der Waals surface area contributed by atoms with Gasteiger partial charge in [-0.2, -0.15) is 0 Å². The molecule has 1 aliphatic rings. The molecule has 0 aromatic heterocycles. The van der Waals surface area contributed by atoms with Crippen molar-refractivity contribution in [1.82, 2.24) is 0 Å². The van der Waals surface area contributed by atoms with E-state index in [1.54, 1.807) is 27.7 Å². The lowest BCUT2D eigenvalue weighted by molar-refractivity contribution is -0.136. The van der Waals surface area contributed by atoms with Crippen LogP contribution in [0.5, 0.6) is 11.5 Å². The number of fused-ring (bicyclic) bond motifs is 1.